The summed E-state index contributed by atoms with van der Waals surface area (Å²) >= 11 is 1.48. The average molecular weight is 250 g/mol. The molecule has 0 fully saturated rings. The quantitative estimate of drug-likeness (QED) is 0.842. The number of hydrogen-bond donors (Lipinski definition) is 1. The van der Waals surface area contributed by atoms with Crippen molar-refractivity contribution in [3.05, 3.63) is 24.0 Å². The fraction of sp³-hybridized carbons (Fsp3) is 0.273. The Morgan fingerprint density at radius 2 is 2.12 bits per heavy atom. The molecule has 0 radical (unpaired) electrons. The van der Waals surface area contributed by atoms with Gasteiger partial charge in [0.25, 0.3) is 0 Å². The van der Waals surface area contributed by atoms with Crippen molar-refractivity contribution in [2.24, 2.45) is 7.05 Å². The van der Waals surface area contributed by atoms with Gasteiger partial charge in [-0.15, -0.1) is 10.2 Å². The molecular formula is C11H14N4OS. The molecule has 0 saturated carbocycles. The molecule has 0 amide bonds. The Morgan fingerprint density at radius 3 is 2.71 bits per heavy atom. The zero-order valence-electron chi connectivity index (χ0n) is 9.97. The summed E-state index contributed by atoms with van der Waals surface area (Å²) in [5.74, 6) is 1.54. The van der Waals surface area contributed by atoms with Gasteiger partial charge in [-0.2, -0.15) is 0 Å². The third-order valence-electron chi connectivity index (χ3n) is 2.50. The molecule has 2 rings (SSSR count). The lowest BCUT2D eigenvalue weighted by atomic mass is 10.3. The Morgan fingerprint density at radius 1 is 1.35 bits per heavy atom. The summed E-state index contributed by atoms with van der Waals surface area (Å²) in [6.07, 6.45) is 0. The number of nitrogens with two attached hydrogens (primary N) is 1. The van der Waals surface area contributed by atoms with E-state index in [1.807, 2.05) is 36.7 Å². The van der Waals surface area contributed by atoms with Crippen LogP contribution in [0.4, 0.5) is 5.69 Å². The summed E-state index contributed by atoms with van der Waals surface area (Å²) < 4.78 is 7.10. The average Bonchev–Trinajstić information content (AvgIpc) is 2.64. The standard InChI is InChI=1S/C11H14N4OS/c1-7-13-14-11(15(7)2)17-9-6-4-5-8(16-3)10(9)12/h4-6H,12H2,1-3H3. The second-order valence-electron chi connectivity index (χ2n) is 3.56. The predicted octanol–water partition coefficient (Wildman–Crippen LogP) is 1.87. The van der Waals surface area contributed by atoms with E-state index in [0.29, 0.717) is 11.4 Å². The van der Waals surface area contributed by atoms with Gasteiger partial charge < -0.3 is 15.0 Å². The van der Waals surface area contributed by atoms with Crippen molar-refractivity contribution in [2.75, 3.05) is 12.8 Å². The van der Waals surface area contributed by atoms with Crippen LogP contribution in [0, 0.1) is 6.92 Å². The number of hydrogen-bond acceptors (Lipinski definition) is 5. The van der Waals surface area contributed by atoms with Gasteiger partial charge in [0.05, 0.1) is 12.8 Å². The molecule has 0 aliphatic rings. The highest BCUT2D eigenvalue weighted by Crippen LogP contribution is 2.35. The number of aryl methyl sites for hydroxylation is 1. The molecule has 2 aromatic rings. The van der Waals surface area contributed by atoms with Gasteiger partial charge >= 0.3 is 0 Å². The Labute approximate surface area is 104 Å². The second kappa shape index (κ2) is 4.67. The van der Waals surface area contributed by atoms with Crippen molar-refractivity contribution < 1.29 is 4.74 Å². The minimum absolute atomic E-state index is 0.626. The van der Waals surface area contributed by atoms with E-state index >= 15 is 0 Å². The minimum atomic E-state index is 0.626. The second-order valence-corrected chi connectivity index (χ2v) is 4.57. The summed E-state index contributed by atoms with van der Waals surface area (Å²) in [7, 11) is 3.53. The first-order chi connectivity index (χ1) is 8.13. The number of rotatable bonds is 3. The summed E-state index contributed by atoms with van der Waals surface area (Å²) in [5.41, 5.74) is 6.62. The molecule has 17 heavy (non-hydrogen) atoms. The molecule has 0 spiro atoms. The summed E-state index contributed by atoms with van der Waals surface area (Å²) in [5, 5.41) is 8.90. The van der Waals surface area contributed by atoms with Crippen LogP contribution in [0.1, 0.15) is 5.82 Å². The van der Waals surface area contributed by atoms with Gasteiger partial charge in [-0.25, -0.2) is 0 Å². The molecule has 1 aromatic carbocycles. The number of anilines is 1. The van der Waals surface area contributed by atoms with Gasteiger partial charge in [-0.1, -0.05) is 6.07 Å². The van der Waals surface area contributed by atoms with Crippen molar-refractivity contribution in [3.63, 3.8) is 0 Å². The van der Waals surface area contributed by atoms with Crippen LogP contribution in [0.5, 0.6) is 5.75 Å². The third kappa shape index (κ3) is 2.21. The SMILES string of the molecule is COc1cccc(Sc2nnc(C)n2C)c1N. The van der Waals surface area contributed by atoms with Crippen molar-refractivity contribution in [3.8, 4) is 5.75 Å². The number of nitrogens with zero attached hydrogens (tertiary/aromatic N) is 3. The number of benzene rings is 1. The first-order valence-electron chi connectivity index (χ1n) is 5.09. The van der Waals surface area contributed by atoms with Gasteiger partial charge in [-0.3, -0.25) is 0 Å². The Hall–Kier alpha value is -1.69. The lowest BCUT2D eigenvalue weighted by Gasteiger charge is -2.08. The van der Waals surface area contributed by atoms with Crippen LogP contribution in [-0.4, -0.2) is 21.9 Å². The summed E-state index contributed by atoms with van der Waals surface area (Å²) in [4.78, 5) is 0.917. The van der Waals surface area contributed by atoms with Gasteiger partial charge in [0.1, 0.15) is 11.6 Å². The van der Waals surface area contributed by atoms with Crippen LogP contribution >= 0.6 is 11.8 Å². The minimum Gasteiger partial charge on any atom is -0.495 e. The third-order valence-corrected chi connectivity index (χ3v) is 3.61. The molecule has 0 aliphatic heterocycles. The van der Waals surface area contributed by atoms with Crippen molar-refractivity contribution >= 4 is 17.4 Å². The topological polar surface area (TPSA) is 66.0 Å². The van der Waals surface area contributed by atoms with E-state index < -0.39 is 0 Å². The fourth-order valence-corrected chi connectivity index (χ4v) is 2.27. The van der Waals surface area contributed by atoms with Gasteiger partial charge in [0.2, 0.25) is 0 Å². The van der Waals surface area contributed by atoms with Crippen molar-refractivity contribution in [1.29, 1.82) is 0 Å². The number of methoxy groups -OCH3 is 1. The zero-order chi connectivity index (χ0) is 12.4. The van der Waals surface area contributed by atoms with E-state index in [2.05, 4.69) is 10.2 Å². The van der Waals surface area contributed by atoms with Crippen molar-refractivity contribution in [1.82, 2.24) is 14.8 Å². The lowest BCUT2D eigenvalue weighted by molar-refractivity contribution is 0.416. The maximum absolute atomic E-state index is 6.00. The molecule has 6 heteroatoms. The molecular weight excluding hydrogens is 236 g/mol. The normalized spacial score (nSPS) is 10.5. The Bertz CT molecular complexity index is 538. The number of para-hydroxylation sites is 1. The van der Waals surface area contributed by atoms with Crippen LogP contribution in [0.2, 0.25) is 0 Å². The van der Waals surface area contributed by atoms with Crippen LogP contribution in [0.25, 0.3) is 0 Å². The Kier molecular flexibility index (Phi) is 3.23. The van der Waals surface area contributed by atoms with Crippen molar-refractivity contribution in [2.45, 2.75) is 17.0 Å². The summed E-state index contributed by atoms with van der Waals surface area (Å²) in [6.45, 7) is 1.91. The van der Waals surface area contributed by atoms with Gasteiger partial charge in [0, 0.05) is 11.9 Å². The molecule has 90 valence electrons. The maximum atomic E-state index is 6.00. The maximum Gasteiger partial charge on any atom is 0.195 e. The molecule has 0 bridgehead atoms. The molecule has 1 heterocycles. The van der Waals surface area contributed by atoms with Gasteiger partial charge in [-0.05, 0) is 30.8 Å². The first kappa shape index (κ1) is 11.8. The van der Waals surface area contributed by atoms with E-state index in [9.17, 15) is 0 Å². The van der Waals surface area contributed by atoms with E-state index in [1.165, 1.54) is 11.8 Å². The van der Waals surface area contributed by atoms with Crippen LogP contribution in [0.3, 0.4) is 0 Å². The molecule has 0 saturated heterocycles. The van der Waals surface area contributed by atoms with Crippen LogP contribution < -0.4 is 10.5 Å². The highest BCUT2D eigenvalue weighted by Gasteiger charge is 2.11. The van der Waals surface area contributed by atoms with E-state index in [0.717, 1.165) is 15.9 Å². The first-order valence-corrected chi connectivity index (χ1v) is 5.91. The molecule has 0 aliphatic carbocycles. The van der Waals surface area contributed by atoms with E-state index in [-0.39, 0.29) is 0 Å². The van der Waals surface area contributed by atoms with E-state index in [1.54, 1.807) is 7.11 Å². The van der Waals surface area contributed by atoms with Crippen LogP contribution in [-0.2, 0) is 7.05 Å². The van der Waals surface area contributed by atoms with E-state index in [4.69, 9.17) is 10.5 Å². The Balaban J connectivity index is 2.33. The smallest absolute Gasteiger partial charge is 0.195 e. The number of ether oxygens (including phenoxy) is 1. The molecule has 0 atom stereocenters. The number of aromatic nitrogens is 3. The molecule has 0 unspecified atom stereocenters. The monoisotopic (exact) mass is 250 g/mol. The number of nitrogen functional groups attached to an aromatic ring is 1. The zero-order valence-corrected chi connectivity index (χ0v) is 10.8. The largest absolute Gasteiger partial charge is 0.495 e. The predicted molar refractivity (Wildman–Crippen MR) is 67.3 cm³/mol. The highest BCUT2D eigenvalue weighted by atomic mass is 32.2. The lowest BCUT2D eigenvalue weighted by Crippen LogP contribution is -1.96. The highest BCUT2D eigenvalue weighted by molar-refractivity contribution is 7.99. The summed E-state index contributed by atoms with van der Waals surface area (Å²) in [6, 6.07) is 5.68. The molecule has 5 nitrogen and oxygen atoms in total. The van der Waals surface area contributed by atoms with Crippen LogP contribution in [0.15, 0.2) is 28.3 Å². The van der Waals surface area contributed by atoms with Gasteiger partial charge in [0.15, 0.2) is 5.16 Å². The molecule has 1 aromatic heterocycles. The molecule has 2 N–H and O–H groups in total. The fourth-order valence-electron chi connectivity index (χ4n) is 1.37.